The molecule has 0 N–H and O–H groups in total. The van der Waals surface area contributed by atoms with Gasteiger partial charge in [-0.25, -0.2) is 9.78 Å². The van der Waals surface area contributed by atoms with Crippen LogP contribution in [0.15, 0.2) is 10.5 Å². The van der Waals surface area contributed by atoms with Crippen LogP contribution in [0.25, 0.3) is 11.6 Å². The third kappa shape index (κ3) is 2.91. The van der Waals surface area contributed by atoms with Gasteiger partial charge in [-0.1, -0.05) is 0 Å². The molecule has 0 amide bonds. The van der Waals surface area contributed by atoms with Crippen LogP contribution in [0.4, 0.5) is 13.2 Å². The van der Waals surface area contributed by atoms with Crippen LogP contribution in [0.5, 0.6) is 0 Å². The number of alkyl halides is 3. The van der Waals surface area contributed by atoms with Crippen molar-refractivity contribution in [2.45, 2.75) is 20.0 Å². The molecule has 0 aliphatic rings. The van der Waals surface area contributed by atoms with E-state index in [0.717, 1.165) is 0 Å². The van der Waals surface area contributed by atoms with E-state index in [1.165, 1.54) is 24.7 Å². The molecule has 114 valence electrons. The minimum atomic E-state index is -4.82. The van der Waals surface area contributed by atoms with Crippen LogP contribution < -0.4 is 0 Å². The second-order valence-corrected chi connectivity index (χ2v) is 4.21. The average Bonchev–Trinajstić information content (AvgIpc) is 2.92. The number of esters is 1. The van der Waals surface area contributed by atoms with Crippen molar-refractivity contribution in [2.75, 3.05) is 6.61 Å². The Morgan fingerprint density at radius 1 is 1.48 bits per heavy atom. The van der Waals surface area contributed by atoms with Crippen LogP contribution >= 0.6 is 0 Å². The highest BCUT2D eigenvalue weighted by Gasteiger charge is 2.42. The van der Waals surface area contributed by atoms with Gasteiger partial charge < -0.3 is 9.15 Å². The highest BCUT2D eigenvalue weighted by molar-refractivity contribution is 5.88. The number of ether oxygens (including phenoxy) is 1. The van der Waals surface area contributed by atoms with Gasteiger partial charge >= 0.3 is 12.1 Å². The molecule has 2 heterocycles. The fraction of sp³-hybridized carbons (Fsp3) is 0.417. The zero-order valence-corrected chi connectivity index (χ0v) is 11.5. The SMILES string of the molecule is CCOC(=O)c1oc(-c2cc(C)nn2C)nc1C(F)(F)F. The Balaban J connectivity index is 2.55. The summed E-state index contributed by atoms with van der Waals surface area (Å²) in [7, 11) is 1.53. The molecule has 0 radical (unpaired) electrons. The van der Waals surface area contributed by atoms with Crippen molar-refractivity contribution in [3.05, 3.63) is 23.2 Å². The van der Waals surface area contributed by atoms with Gasteiger partial charge in [-0.2, -0.15) is 18.3 Å². The fourth-order valence-corrected chi connectivity index (χ4v) is 1.77. The zero-order chi connectivity index (χ0) is 15.8. The van der Waals surface area contributed by atoms with Crippen LogP contribution in [0, 0.1) is 6.92 Å². The van der Waals surface area contributed by atoms with E-state index in [4.69, 9.17) is 4.42 Å². The first-order valence-electron chi connectivity index (χ1n) is 6.00. The van der Waals surface area contributed by atoms with E-state index in [1.54, 1.807) is 6.92 Å². The molecule has 2 rings (SSSR count). The van der Waals surface area contributed by atoms with Gasteiger partial charge in [0.15, 0.2) is 5.69 Å². The van der Waals surface area contributed by atoms with Gasteiger partial charge in [0.05, 0.1) is 12.3 Å². The summed E-state index contributed by atoms with van der Waals surface area (Å²) >= 11 is 0. The Morgan fingerprint density at radius 2 is 2.14 bits per heavy atom. The monoisotopic (exact) mass is 303 g/mol. The molecule has 0 aliphatic heterocycles. The lowest BCUT2D eigenvalue weighted by Crippen LogP contribution is -2.14. The topological polar surface area (TPSA) is 70.2 Å². The summed E-state index contributed by atoms with van der Waals surface area (Å²) < 4.78 is 49.6. The van der Waals surface area contributed by atoms with E-state index in [1.807, 2.05) is 0 Å². The molecule has 2 aromatic heterocycles. The summed E-state index contributed by atoms with van der Waals surface area (Å²) in [6.45, 7) is 3.08. The summed E-state index contributed by atoms with van der Waals surface area (Å²) in [5.41, 5.74) is -0.597. The van der Waals surface area contributed by atoms with E-state index in [-0.39, 0.29) is 18.2 Å². The standard InChI is InChI=1S/C12H12F3N3O3/c1-4-20-11(19)8-9(12(13,14)15)16-10(21-8)7-5-6(2)17-18(7)3/h5H,4H2,1-3H3. The molecule has 0 saturated carbocycles. The highest BCUT2D eigenvalue weighted by Crippen LogP contribution is 2.34. The summed E-state index contributed by atoms with van der Waals surface area (Å²) in [6.07, 6.45) is -4.82. The number of carbonyl (C=O) groups excluding carboxylic acids is 1. The highest BCUT2D eigenvalue weighted by atomic mass is 19.4. The molecule has 0 atom stereocenters. The largest absolute Gasteiger partial charge is 0.460 e. The lowest BCUT2D eigenvalue weighted by Gasteiger charge is -2.03. The lowest BCUT2D eigenvalue weighted by molar-refractivity contribution is -0.141. The van der Waals surface area contributed by atoms with Crippen LogP contribution in [-0.2, 0) is 18.0 Å². The predicted molar refractivity (Wildman–Crippen MR) is 64.4 cm³/mol. The Kier molecular flexibility index (Phi) is 3.75. The van der Waals surface area contributed by atoms with Crippen LogP contribution in [0.1, 0.15) is 28.9 Å². The smallest absolute Gasteiger partial charge is 0.437 e. The summed E-state index contributed by atoms with van der Waals surface area (Å²) in [5, 5.41) is 3.99. The average molecular weight is 303 g/mol. The minimum absolute atomic E-state index is 0.0724. The quantitative estimate of drug-likeness (QED) is 0.815. The second-order valence-electron chi connectivity index (χ2n) is 4.21. The van der Waals surface area contributed by atoms with Crippen molar-refractivity contribution in [2.24, 2.45) is 7.05 Å². The zero-order valence-electron chi connectivity index (χ0n) is 11.5. The van der Waals surface area contributed by atoms with Crippen LogP contribution in [0.3, 0.4) is 0 Å². The number of carbonyl (C=O) groups is 1. The van der Waals surface area contributed by atoms with Gasteiger partial charge in [0.25, 0.3) is 0 Å². The molecule has 0 fully saturated rings. The summed E-state index contributed by atoms with van der Waals surface area (Å²) in [6, 6.07) is 1.50. The lowest BCUT2D eigenvalue weighted by atomic mass is 10.3. The van der Waals surface area contributed by atoms with Gasteiger partial charge in [-0.05, 0) is 19.9 Å². The van der Waals surface area contributed by atoms with Gasteiger partial charge in [0.1, 0.15) is 5.69 Å². The van der Waals surface area contributed by atoms with Crippen molar-refractivity contribution >= 4 is 5.97 Å². The number of aromatic nitrogens is 3. The number of oxazole rings is 1. The Bertz CT molecular complexity index is 673. The fourth-order valence-electron chi connectivity index (χ4n) is 1.77. The molecular formula is C12H12F3N3O3. The third-order valence-corrected chi connectivity index (χ3v) is 2.58. The summed E-state index contributed by atoms with van der Waals surface area (Å²) in [4.78, 5) is 14.9. The molecule has 0 saturated heterocycles. The second kappa shape index (κ2) is 5.23. The van der Waals surface area contributed by atoms with Crippen molar-refractivity contribution in [1.29, 1.82) is 0 Å². The molecule has 0 aliphatic carbocycles. The first-order chi connectivity index (χ1) is 9.74. The number of hydrogen-bond acceptors (Lipinski definition) is 5. The van der Waals surface area contributed by atoms with Crippen LogP contribution in [-0.4, -0.2) is 27.3 Å². The van der Waals surface area contributed by atoms with Gasteiger partial charge in [-0.3, -0.25) is 4.68 Å². The molecule has 0 aromatic carbocycles. The maximum absolute atomic E-state index is 12.9. The van der Waals surface area contributed by atoms with Gasteiger partial charge in [0, 0.05) is 7.05 Å². The van der Waals surface area contributed by atoms with Gasteiger partial charge in [0.2, 0.25) is 11.7 Å². The molecule has 21 heavy (non-hydrogen) atoms. The predicted octanol–water partition coefficient (Wildman–Crippen LogP) is 2.58. The van der Waals surface area contributed by atoms with Gasteiger partial charge in [-0.15, -0.1) is 0 Å². The number of aryl methyl sites for hydroxylation is 2. The molecule has 0 bridgehead atoms. The first kappa shape index (κ1) is 15.1. The van der Waals surface area contributed by atoms with E-state index in [9.17, 15) is 18.0 Å². The maximum Gasteiger partial charge on any atom is 0.437 e. The van der Waals surface area contributed by atoms with E-state index in [0.29, 0.717) is 5.69 Å². The van der Waals surface area contributed by atoms with Crippen molar-refractivity contribution in [1.82, 2.24) is 14.8 Å². The Morgan fingerprint density at radius 3 is 2.62 bits per heavy atom. The molecule has 0 unspecified atom stereocenters. The first-order valence-corrected chi connectivity index (χ1v) is 6.00. The Hall–Kier alpha value is -2.32. The number of nitrogens with zero attached hydrogens (tertiary/aromatic N) is 3. The number of halogens is 3. The maximum atomic E-state index is 12.9. The van der Waals surface area contributed by atoms with Crippen molar-refractivity contribution in [3.63, 3.8) is 0 Å². The molecule has 0 spiro atoms. The van der Waals surface area contributed by atoms with E-state index in [2.05, 4.69) is 14.8 Å². The molecule has 2 aromatic rings. The minimum Gasteiger partial charge on any atom is -0.460 e. The molecule has 9 heteroatoms. The molecular weight excluding hydrogens is 291 g/mol. The Labute approximate surface area is 117 Å². The van der Waals surface area contributed by atoms with Crippen molar-refractivity contribution < 1.29 is 27.1 Å². The van der Waals surface area contributed by atoms with E-state index >= 15 is 0 Å². The van der Waals surface area contributed by atoms with Crippen LogP contribution in [0.2, 0.25) is 0 Å². The normalized spacial score (nSPS) is 11.7. The number of rotatable bonds is 3. The summed E-state index contributed by atoms with van der Waals surface area (Å²) in [5.74, 6) is -2.51. The number of hydrogen-bond donors (Lipinski definition) is 0. The third-order valence-electron chi connectivity index (χ3n) is 2.58. The van der Waals surface area contributed by atoms with Crippen molar-refractivity contribution in [3.8, 4) is 11.6 Å². The van der Waals surface area contributed by atoms with E-state index < -0.39 is 23.6 Å². The molecule has 6 nitrogen and oxygen atoms in total.